The van der Waals surface area contributed by atoms with Gasteiger partial charge in [-0.15, -0.1) is 0 Å². The van der Waals surface area contributed by atoms with Gasteiger partial charge in [-0.3, -0.25) is 14.5 Å². The van der Waals surface area contributed by atoms with Crippen molar-refractivity contribution in [2.75, 3.05) is 12.0 Å². The van der Waals surface area contributed by atoms with Crippen molar-refractivity contribution in [1.82, 2.24) is 4.98 Å². The highest BCUT2D eigenvalue weighted by molar-refractivity contribution is 6.52. The van der Waals surface area contributed by atoms with Gasteiger partial charge in [0.2, 0.25) is 0 Å². The molecule has 2 heterocycles. The first kappa shape index (κ1) is 26.3. The molecule has 200 valence electrons. The van der Waals surface area contributed by atoms with Crippen LogP contribution >= 0.6 is 0 Å². The Morgan fingerprint density at radius 3 is 2.38 bits per heavy atom. The fourth-order valence-electron chi connectivity index (χ4n) is 5.64. The van der Waals surface area contributed by atoms with Gasteiger partial charge in [-0.05, 0) is 73.2 Å². The Morgan fingerprint density at radius 2 is 1.74 bits per heavy atom. The van der Waals surface area contributed by atoms with Crippen LogP contribution < -0.4 is 9.64 Å². The number of H-pyrrole nitrogens is 1. The van der Waals surface area contributed by atoms with Crippen molar-refractivity contribution in [2.24, 2.45) is 0 Å². The van der Waals surface area contributed by atoms with E-state index in [2.05, 4.69) is 11.9 Å². The van der Waals surface area contributed by atoms with E-state index in [0.29, 0.717) is 11.3 Å². The number of anilines is 1. The minimum Gasteiger partial charge on any atom is -0.507 e. The predicted octanol–water partition coefficient (Wildman–Crippen LogP) is 7.11. The number of amides is 1. The SMILES string of the molecule is CCc1ccc(N2C(=O)C(=O)/C(=C(/O)c3cc(C(C)C)c(OC)cc3C)C2c2c(C)[nH]c3ccccc23)cc1. The molecule has 39 heavy (non-hydrogen) atoms. The number of aromatic amines is 1. The number of nitrogens with zero attached hydrogens (tertiary/aromatic N) is 1. The molecule has 0 spiro atoms. The fraction of sp³-hybridized carbons (Fsp3) is 0.273. The van der Waals surface area contributed by atoms with E-state index in [9.17, 15) is 14.7 Å². The number of carbonyl (C=O) groups is 2. The summed E-state index contributed by atoms with van der Waals surface area (Å²) >= 11 is 0. The molecule has 3 aromatic carbocycles. The largest absolute Gasteiger partial charge is 0.507 e. The summed E-state index contributed by atoms with van der Waals surface area (Å²) in [5, 5.41) is 12.8. The topological polar surface area (TPSA) is 82.6 Å². The normalized spacial score (nSPS) is 17.0. The molecule has 1 aliphatic heterocycles. The van der Waals surface area contributed by atoms with Gasteiger partial charge < -0.3 is 14.8 Å². The number of carbonyl (C=O) groups excluding carboxylic acids is 2. The minimum atomic E-state index is -0.808. The van der Waals surface area contributed by atoms with Crippen LogP contribution in [-0.4, -0.2) is 28.9 Å². The zero-order chi connectivity index (χ0) is 28.0. The van der Waals surface area contributed by atoms with Crippen LogP contribution in [0, 0.1) is 13.8 Å². The molecule has 0 saturated carbocycles. The van der Waals surface area contributed by atoms with Gasteiger partial charge in [-0.25, -0.2) is 0 Å². The highest BCUT2D eigenvalue weighted by Gasteiger charge is 2.48. The second-order valence-corrected chi connectivity index (χ2v) is 10.5. The molecule has 1 amide bonds. The molecule has 0 radical (unpaired) electrons. The second-order valence-electron chi connectivity index (χ2n) is 10.5. The lowest BCUT2D eigenvalue weighted by Crippen LogP contribution is -2.29. The number of Topliss-reactive ketones (excluding diaryl/α,β-unsaturated/α-hetero) is 1. The first-order chi connectivity index (χ1) is 18.7. The number of benzene rings is 3. The van der Waals surface area contributed by atoms with Crippen LogP contribution in [0.25, 0.3) is 16.7 Å². The Morgan fingerprint density at radius 1 is 1.05 bits per heavy atom. The van der Waals surface area contributed by atoms with Gasteiger partial charge >= 0.3 is 0 Å². The second kappa shape index (κ2) is 10.1. The van der Waals surface area contributed by atoms with Crippen LogP contribution in [-0.2, 0) is 16.0 Å². The van der Waals surface area contributed by atoms with Gasteiger partial charge in [0.15, 0.2) is 0 Å². The number of para-hydroxylation sites is 1. The fourth-order valence-corrected chi connectivity index (χ4v) is 5.64. The highest BCUT2D eigenvalue weighted by Crippen LogP contribution is 2.46. The van der Waals surface area contributed by atoms with E-state index < -0.39 is 17.7 Å². The van der Waals surface area contributed by atoms with Gasteiger partial charge in [0, 0.05) is 33.4 Å². The Kier molecular flexibility index (Phi) is 6.81. The molecule has 6 nitrogen and oxygen atoms in total. The van der Waals surface area contributed by atoms with Crippen LogP contribution in [0.2, 0.25) is 0 Å². The number of fused-ring (bicyclic) bond motifs is 1. The molecular weight excluding hydrogens is 488 g/mol. The number of aromatic nitrogens is 1. The smallest absolute Gasteiger partial charge is 0.300 e. The average molecular weight is 523 g/mol. The van der Waals surface area contributed by atoms with Crippen LogP contribution in [0.5, 0.6) is 5.75 Å². The standard InChI is InChI=1S/C33H34N2O4/c1-7-21-12-14-22(15-13-21)35-30(28-20(5)34-26-11-9-8-10-23(26)28)29(32(37)33(35)38)31(36)25-17-24(18(2)3)27(39-6)16-19(25)4/h8-18,30,34,36H,7H2,1-6H3/b31-29+. The minimum absolute atomic E-state index is 0.0791. The van der Waals surface area contributed by atoms with Gasteiger partial charge in [-0.1, -0.05) is 51.1 Å². The van der Waals surface area contributed by atoms with Crippen molar-refractivity contribution in [3.63, 3.8) is 0 Å². The molecule has 0 bridgehead atoms. The summed E-state index contributed by atoms with van der Waals surface area (Å²) in [5.41, 5.74) is 6.52. The number of aliphatic hydroxyl groups is 1. The van der Waals surface area contributed by atoms with Crippen molar-refractivity contribution < 1.29 is 19.4 Å². The highest BCUT2D eigenvalue weighted by atomic mass is 16.5. The number of methoxy groups -OCH3 is 1. The van der Waals surface area contributed by atoms with E-state index in [1.807, 2.05) is 88.4 Å². The van der Waals surface area contributed by atoms with Crippen LogP contribution in [0.3, 0.4) is 0 Å². The Bertz CT molecular complexity index is 1630. The van der Waals surface area contributed by atoms with Crippen molar-refractivity contribution in [1.29, 1.82) is 0 Å². The Labute approximate surface area is 228 Å². The number of nitrogens with one attached hydrogen (secondary N) is 1. The summed E-state index contributed by atoms with van der Waals surface area (Å²) in [5.74, 6) is -0.704. The summed E-state index contributed by atoms with van der Waals surface area (Å²) in [4.78, 5) is 32.4. The molecule has 1 aromatic heterocycles. The van der Waals surface area contributed by atoms with Gasteiger partial charge in [-0.2, -0.15) is 0 Å². The van der Waals surface area contributed by atoms with Gasteiger partial charge in [0.25, 0.3) is 11.7 Å². The number of hydrogen-bond acceptors (Lipinski definition) is 4. The predicted molar refractivity (Wildman–Crippen MR) is 155 cm³/mol. The molecule has 5 rings (SSSR count). The zero-order valence-electron chi connectivity index (χ0n) is 23.3. The number of aryl methyl sites for hydroxylation is 3. The van der Waals surface area contributed by atoms with Crippen molar-refractivity contribution in [2.45, 2.75) is 53.0 Å². The number of ether oxygens (including phenoxy) is 1. The maximum Gasteiger partial charge on any atom is 0.300 e. The molecule has 4 aromatic rings. The lowest BCUT2D eigenvalue weighted by molar-refractivity contribution is -0.132. The van der Waals surface area contributed by atoms with E-state index in [1.54, 1.807) is 7.11 Å². The van der Waals surface area contributed by atoms with Crippen molar-refractivity contribution >= 4 is 34.0 Å². The molecule has 1 unspecified atom stereocenters. The third-order valence-electron chi connectivity index (χ3n) is 7.74. The number of rotatable bonds is 6. The molecule has 6 heteroatoms. The quantitative estimate of drug-likeness (QED) is 0.161. The summed E-state index contributed by atoms with van der Waals surface area (Å²) < 4.78 is 5.59. The summed E-state index contributed by atoms with van der Waals surface area (Å²) in [6.07, 6.45) is 0.860. The molecule has 1 fully saturated rings. The molecule has 2 N–H and O–H groups in total. The summed E-state index contributed by atoms with van der Waals surface area (Å²) in [6.45, 7) is 9.97. The third kappa shape index (κ3) is 4.30. The Balaban J connectivity index is 1.81. The lowest BCUT2D eigenvalue weighted by atomic mass is 9.90. The molecule has 1 aliphatic rings. The molecule has 1 atom stereocenters. The number of aliphatic hydroxyl groups excluding tert-OH is 1. The molecule has 1 saturated heterocycles. The third-order valence-corrected chi connectivity index (χ3v) is 7.74. The van der Waals surface area contributed by atoms with Crippen LogP contribution in [0.4, 0.5) is 5.69 Å². The van der Waals surface area contributed by atoms with E-state index in [1.165, 1.54) is 4.90 Å². The maximum atomic E-state index is 13.8. The monoisotopic (exact) mass is 522 g/mol. The summed E-state index contributed by atoms with van der Waals surface area (Å²) in [6, 6.07) is 18.4. The molecule has 0 aliphatic carbocycles. The van der Waals surface area contributed by atoms with E-state index in [4.69, 9.17) is 4.74 Å². The first-order valence-corrected chi connectivity index (χ1v) is 13.3. The van der Waals surface area contributed by atoms with Crippen molar-refractivity contribution in [3.8, 4) is 5.75 Å². The van der Waals surface area contributed by atoms with Crippen LogP contribution in [0.1, 0.15) is 66.2 Å². The summed E-state index contributed by atoms with van der Waals surface area (Å²) in [7, 11) is 1.62. The number of hydrogen-bond donors (Lipinski definition) is 2. The lowest BCUT2D eigenvalue weighted by Gasteiger charge is -2.26. The van der Waals surface area contributed by atoms with Gasteiger partial charge in [0.05, 0.1) is 18.7 Å². The maximum absolute atomic E-state index is 13.8. The van der Waals surface area contributed by atoms with E-state index in [0.717, 1.165) is 51.0 Å². The Hall–Kier alpha value is -4.32. The number of ketones is 1. The molecular formula is C33H34N2O4. The van der Waals surface area contributed by atoms with E-state index in [-0.39, 0.29) is 17.3 Å². The van der Waals surface area contributed by atoms with Gasteiger partial charge in [0.1, 0.15) is 11.5 Å². The average Bonchev–Trinajstić information content (AvgIpc) is 3.39. The first-order valence-electron chi connectivity index (χ1n) is 13.3. The van der Waals surface area contributed by atoms with Crippen LogP contribution in [0.15, 0.2) is 66.2 Å². The zero-order valence-corrected chi connectivity index (χ0v) is 23.3. The van der Waals surface area contributed by atoms with E-state index >= 15 is 0 Å². The van der Waals surface area contributed by atoms with Crippen molar-refractivity contribution in [3.05, 3.63) is 99.7 Å².